The van der Waals surface area contributed by atoms with Gasteiger partial charge in [-0.15, -0.1) is 0 Å². The number of amides is 1. The second-order valence-corrected chi connectivity index (χ2v) is 6.04. The molecule has 2 rings (SSSR count). The van der Waals surface area contributed by atoms with E-state index in [9.17, 15) is 4.79 Å². The smallest absolute Gasteiger partial charge is 0.265 e. The second kappa shape index (κ2) is 7.23. The first-order chi connectivity index (χ1) is 10.4. The summed E-state index contributed by atoms with van der Waals surface area (Å²) in [5, 5.41) is 4.24. The minimum Gasteiger partial charge on any atom is -0.481 e. The van der Waals surface area contributed by atoms with Gasteiger partial charge in [-0.05, 0) is 55.8 Å². The van der Waals surface area contributed by atoms with Gasteiger partial charge in [-0.25, -0.2) is 0 Å². The monoisotopic (exact) mass is 357 g/mol. The average molecular weight is 359 g/mol. The van der Waals surface area contributed by atoms with E-state index in [1.807, 2.05) is 6.92 Å². The highest BCUT2D eigenvalue weighted by atomic mass is 35.5. The van der Waals surface area contributed by atoms with Gasteiger partial charge in [-0.2, -0.15) is 0 Å². The Labute approximate surface area is 144 Å². The molecule has 22 heavy (non-hydrogen) atoms. The molecule has 1 N–H and O–H groups in total. The van der Waals surface area contributed by atoms with Crippen molar-refractivity contribution >= 4 is 46.4 Å². The number of carbonyl (C=O) groups excluding carboxylic acids is 1. The highest BCUT2D eigenvalue weighted by molar-refractivity contribution is 6.35. The van der Waals surface area contributed by atoms with Crippen LogP contribution in [0, 0.1) is 6.92 Å². The van der Waals surface area contributed by atoms with Crippen LogP contribution < -0.4 is 10.1 Å². The maximum atomic E-state index is 12.2. The van der Waals surface area contributed by atoms with Crippen molar-refractivity contribution in [2.75, 3.05) is 5.32 Å². The summed E-state index contributed by atoms with van der Waals surface area (Å²) in [5.41, 5.74) is 1.33. The summed E-state index contributed by atoms with van der Waals surface area (Å²) in [6, 6.07) is 10.1. The summed E-state index contributed by atoms with van der Waals surface area (Å²) in [4.78, 5) is 12.2. The van der Waals surface area contributed by atoms with Crippen molar-refractivity contribution in [3.8, 4) is 5.75 Å². The molecule has 0 aliphatic rings. The standard InChI is InChI=1S/C16H14Cl3NO2/c1-9-7-12(4-6-13(9)18)22-10(2)16(21)20-15-8-11(17)3-5-14(15)19/h3-8,10H,1-2H3,(H,20,21)/t10-/m1/s1. The number of benzene rings is 2. The number of hydrogen-bond acceptors (Lipinski definition) is 2. The third-order valence-corrected chi connectivity index (χ3v) is 3.99. The normalized spacial score (nSPS) is 11.9. The van der Waals surface area contributed by atoms with E-state index in [-0.39, 0.29) is 5.91 Å². The van der Waals surface area contributed by atoms with Crippen molar-refractivity contribution < 1.29 is 9.53 Å². The van der Waals surface area contributed by atoms with Crippen molar-refractivity contribution in [2.45, 2.75) is 20.0 Å². The van der Waals surface area contributed by atoms with E-state index in [1.54, 1.807) is 43.3 Å². The van der Waals surface area contributed by atoms with E-state index >= 15 is 0 Å². The van der Waals surface area contributed by atoms with Crippen molar-refractivity contribution in [1.82, 2.24) is 0 Å². The van der Waals surface area contributed by atoms with Crippen LogP contribution in [0.2, 0.25) is 15.1 Å². The Morgan fingerprint density at radius 1 is 1.09 bits per heavy atom. The third kappa shape index (κ3) is 4.29. The molecule has 1 atom stereocenters. The van der Waals surface area contributed by atoms with Gasteiger partial charge >= 0.3 is 0 Å². The minimum absolute atomic E-state index is 0.322. The summed E-state index contributed by atoms with van der Waals surface area (Å²) >= 11 is 17.9. The summed E-state index contributed by atoms with van der Waals surface area (Å²) in [7, 11) is 0. The lowest BCUT2D eigenvalue weighted by Crippen LogP contribution is -2.30. The zero-order chi connectivity index (χ0) is 16.3. The molecule has 0 saturated carbocycles. The first kappa shape index (κ1) is 16.9. The van der Waals surface area contributed by atoms with Crippen molar-refractivity contribution in [3.05, 3.63) is 57.0 Å². The fraction of sp³-hybridized carbons (Fsp3) is 0.188. The molecule has 0 spiro atoms. The van der Waals surface area contributed by atoms with E-state index in [4.69, 9.17) is 39.5 Å². The number of ether oxygens (including phenoxy) is 1. The van der Waals surface area contributed by atoms with Gasteiger partial charge in [0.15, 0.2) is 6.10 Å². The molecule has 0 aliphatic carbocycles. The topological polar surface area (TPSA) is 38.3 Å². The van der Waals surface area contributed by atoms with Crippen LogP contribution in [0.4, 0.5) is 5.69 Å². The van der Waals surface area contributed by atoms with Gasteiger partial charge in [0, 0.05) is 10.0 Å². The molecular weight excluding hydrogens is 345 g/mol. The average Bonchev–Trinajstić information content (AvgIpc) is 2.46. The molecule has 0 unspecified atom stereocenters. The number of carbonyl (C=O) groups is 1. The Kier molecular flexibility index (Phi) is 5.57. The SMILES string of the molecule is Cc1cc(O[C@H](C)C(=O)Nc2cc(Cl)ccc2Cl)ccc1Cl. The van der Waals surface area contributed by atoms with E-state index < -0.39 is 6.10 Å². The molecule has 6 heteroatoms. The molecule has 116 valence electrons. The van der Waals surface area contributed by atoms with Gasteiger partial charge in [-0.1, -0.05) is 34.8 Å². The van der Waals surface area contributed by atoms with Crippen LogP contribution in [0.1, 0.15) is 12.5 Å². The van der Waals surface area contributed by atoms with Crippen LogP contribution in [-0.2, 0) is 4.79 Å². The first-order valence-corrected chi connectivity index (χ1v) is 7.69. The summed E-state index contributed by atoms with van der Waals surface area (Å²) < 4.78 is 5.61. The lowest BCUT2D eigenvalue weighted by atomic mass is 10.2. The van der Waals surface area contributed by atoms with Crippen LogP contribution in [0.3, 0.4) is 0 Å². The zero-order valence-corrected chi connectivity index (χ0v) is 14.3. The van der Waals surface area contributed by atoms with Gasteiger partial charge in [0.05, 0.1) is 10.7 Å². The Hall–Kier alpha value is -1.42. The predicted octanol–water partition coefficient (Wildman–Crippen LogP) is 5.36. The molecule has 2 aromatic carbocycles. The molecule has 0 aliphatic heterocycles. The minimum atomic E-state index is -0.698. The second-order valence-electron chi connectivity index (χ2n) is 4.78. The lowest BCUT2D eigenvalue weighted by molar-refractivity contribution is -0.122. The van der Waals surface area contributed by atoms with Gasteiger partial charge < -0.3 is 10.1 Å². The van der Waals surface area contributed by atoms with Gasteiger partial charge in [0.1, 0.15) is 5.75 Å². The first-order valence-electron chi connectivity index (χ1n) is 6.55. The predicted molar refractivity (Wildman–Crippen MR) is 91.4 cm³/mol. The van der Waals surface area contributed by atoms with Crippen LogP contribution in [0.15, 0.2) is 36.4 Å². The van der Waals surface area contributed by atoms with E-state index in [2.05, 4.69) is 5.32 Å². The molecule has 0 bridgehead atoms. The number of anilines is 1. The van der Waals surface area contributed by atoms with Gasteiger partial charge in [-0.3, -0.25) is 4.79 Å². The van der Waals surface area contributed by atoms with Gasteiger partial charge in [0.2, 0.25) is 0 Å². The Morgan fingerprint density at radius 3 is 2.45 bits per heavy atom. The molecule has 0 fully saturated rings. The van der Waals surface area contributed by atoms with E-state index in [0.29, 0.717) is 26.5 Å². The number of halogens is 3. The highest BCUT2D eigenvalue weighted by Crippen LogP contribution is 2.26. The number of nitrogens with one attached hydrogen (secondary N) is 1. The molecule has 2 aromatic rings. The zero-order valence-electron chi connectivity index (χ0n) is 12.0. The van der Waals surface area contributed by atoms with Crippen molar-refractivity contribution in [1.29, 1.82) is 0 Å². The number of hydrogen-bond donors (Lipinski definition) is 1. The summed E-state index contributed by atoms with van der Waals surface area (Å²) in [5.74, 6) is 0.249. The van der Waals surface area contributed by atoms with Gasteiger partial charge in [0.25, 0.3) is 5.91 Å². The lowest BCUT2D eigenvalue weighted by Gasteiger charge is -2.16. The molecular formula is C16H14Cl3NO2. The molecule has 3 nitrogen and oxygen atoms in total. The van der Waals surface area contributed by atoms with Crippen LogP contribution in [0.5, 0.6) is 5.75 Å². The largest absolute Gasteiger partial charge is 0.481 e. The fourth-order valence-electron chi connectivity index (χ4n) is 1.78. The van der Waals surface area contributed by atoms with Crippen molar-refractivity contribution in [3.63, 3.8) is 0 Å². The van der Waals surface area contributed by atoms with Crippen molar-refractivity contribution in [2.24, 2.45) is 0 Å². The van der Waals surface area contributed by atoms with Crippen LogP contribution >= 0.6 is 34.8 Å². The third-order valence-electron chi connectivity index (χ3n) is 3.00. The summed E-state index contributed by atoms with van der Waals surface area (Å²) in [6.07, 6.45) is -0.698. The maximum absolute atomic E-state index is 12.2. The number of rotatable bonds is 4. The molecule has 0 heterocycles. The summed E-state index contributed by atoms with van der Waals surface area (Å²) in [6.45, 7) is 3.52. The quantitative estimate of drug-likeness (QED) is 0.799. The van der Waals surface area contributed by atoms with E-state index in [0.717, 1.165) is 5.56 Å². The maximum Gasteiger partial charge on any atom is 0.265 e. The number of aryl methyl sites for hydroxylation is 1. The molecule has 0 radical (unpaired) electrons. The Balaban J connectivity index is 2.05. The molecule has 0 aromatic heterocycles. The van der Waals surface area contributed by atoms with E-state index in [1.165, 1.54) is 0 Å². The Morgan fingerprint density at radius 2 is 1.77 bits per heavy atom. The molecule has 1 amide bonds. The van der Waals surface area contributed by atoms with Crippen LogP contribution in [-0.4, -0.2) is 12.0 Å². The van der Waals surface area contributed by atoms with Crippen LogP contribution in [0.25, 0.3) is 0 Å². The fourth-order valence-corrected chi connectivity index (χ4v) is 2.23. The molecule has 0 saturated heterocycles. The Bertz CT molecular complexity index is 704. The highest BCUT2D eigenvalue weighted by Gasteiger charge is 2.16.